The molecule has 0 radical (unpaired) electrons. The molecule has 5 heteroatoms. The van der Waals surface area contributed by atoms with Crippen LogP contribution in [0.25, 0.3) is 0 Å². The third-order valence-corrected chi connectivity index (χ3v) is 2.66. The molecule has 0 aliphatic rings. The van der Waals surface area contributed by atoms with Crippen LogP contribution >= 0.6 is 11.6 Å². The predicted molar refractivity (Wildman–Crippen MR) is 71.4 cm³/mol. The number of carbonyl (C=O) groups excluding carboxylic acids is 1. The highest BCUT2D eigenvalue weighted by Gasteiger charge is 2.06. The van der Waals surface area contributed by atoms with E-state index in [1.54, 1.807) is 18.2 Å². The Morgan fingerprint density at radius 2 is 2.18 bits per heavy atom. The van der Waals surface area contributed by atoms with Crippen molar-refractivity contribution in [2.24, 2.45) is 0 Å². The van der Waals surface area contributed by atoms with Gasteiger partial charge >= 0.3 is 0 Å². The van der Waals surface area contributed by atoms with Crippen molar-refractivity contribution < 1.29 is 4.79 Å². The molecule has 0 aliphatic carbocycles. The molecule has 17 heavy (non-hydrogen) atoms. The van der Waals surface area contributed by atoms with E-state index >= 15 is 0 Å². The Bertz CT molecular complexity index is 393. The maximum absolute atomic E-state index is 11.7. The zero-order chi connectivity index (χ0) is 12.8. The summed E-state index contributed by atoms with van der Waals surface area (Å²) in [7, 11) is 4.00. The summed E-state index contributed by atoms with van der Waals surface area (Å²) in [6.45, 7) is 1.60. The summed E-state index contributed by atoms with van der Waals surface area (Å²) in [6, 6.07) is 4.89. The van der Waals surface area contributed by atoms with Crippen LogP contribution in [0.4, 0.5) is 5.69 Å². The number of hydrogen-bond acceptors (Lipinski definition) is 3. The van der Waals surface area contributed by atoms with E-state index in [2.05, 4.69) is 10.2 Å². The smallest absolute Gasteiger partial charge is 0.251 e. The fourth-order valence-electron chi connectivity index (χ4n) is 1.37. The van der Waals surface area contributed by atoms with Crippen molar-refractivity contribution in [3.8, 4) is 0 Å². The predicted octanol–water partition coefficient (Wildman–Crippen LogP) is 1.60. The molecule has 1 aromatic carbocycles. The number of amides is 1. The lowest BCUT2D eigenvalue weighted by molar-refractivity contribution is 0.0952. The van der Waals surface area contributed by atoms with E-state index in [1.807, 2.05) is 14.1 Å². The molecular weight excluding hydrogens is 238 g/mol. The first kappa shape index (κ1) is 13.8. The van der Waals surface area contributed by atoms with Gasteiger partial charge in [-0.3, -0.25) is 4.79 Å². The van der Waals surface area contributed by atoms with Gasteiger partial charge < -0.3 is 16.0 Å². The summed E-state index contributed by atoms with van der Waals surface area (Å²) < 4.78 is 0. The quantitative estimate of drug-likeness (QED) is 0.621. The van der Waals surface area contributed by atoms with Gasteiger partial charge in [0.05, 0.1) is 10.7 Å². The standard InChI is InChI=1S/C12H18ClN3O/c1-16(2)7-3-6-15-12(17)9-4-5-11(14)10(13)8-9/h4-5,8H,3,6-7,14H2,1-2H3,(H,15,17). The van der Waals surface area contributed by atoms with Crippen molar-refractivity contribution in [3.05, 3.63) is 28.8 Å². The van der Waals surface area contributed by atoms with E-state index in [0.29, 0.717) is 22.8 Å². The molecule has 0 saturated carbocycles. The number of nitrogens with one attached hydrogen (secondary N) is 1. The minimum atomic E-state index is -0.120. The second-order valence-electron chi connectivity index (χ2n) is 4.15. The molecule has 0 aliphatic heterocycles. The topological polar surface area (TPSA) is 58.4 Å². The summed E-state index contributed by atoms with van der Waals surface area (Å²) in [5.41, 5.74) is 6.59. The zero-order valence-electron chi connectivity index (χ0n) is 10.2. The summed E-state index contributed by atoms with van der Waals surface area (Å²) in [6.07, 6.45) is 0.918. The molecule has 0 spiro atoms. The van der Waals surface area contributed by atoms with Crippen LogP contribution in [0.2, 0.25) is 5.02 Å². The Labute approximate surface area is 107 Å². The highest BCUT2D eigenvalue weighted by Crippen LogP contribution is 2.19. The number of carbonyl (C=O) groups is 1. The molecule has 1 rings (SSSR count). The number of anilines is 1. The van der Waals surface area contributed by atoms with Crippen molar-refractivity contribution in [3.63, 3.8) is 0 Å². The SMILES string of the molecule is CN(C)CCCNC(=O)c1ccc(N)c(Cl)c1. The van der Waals surface area contributed by atoms with E-state index in [9.17, 15) is 4.79 Å². The third-order valence-electron chi connectivity index (χ3n) is 2.33. The zero-order valence-corrected chi connectivity index (χ0v) is 10.9. The Balaban J connectivity index is 2.44. The van der Waals surface area contributed by atoms with Crippen LogP contribution in [-0.4, -0.2) is 38.0 Å². The van der Waals surface area contributed by atoms with Crippen LogP contribution in [-0.2, 0) is 0 Å². The molecule has 4 nitrogen and oxygen atoms in total. The maximum atomic E-state index is 11.7. The third kappa shape index (κ3) is 4.63. The Morgan fingerprint density at radius 1 is 1.47 bits per heavy atom. The van der Waals surface area contributed by atoms with E-state index < -0.39 is 0 Å². The summed E-state index contributed by atoms with van der Waals surface area (Å²) in [4.78, 5) is 13.8. The average Bonchev–Trinajstić information content (AvgIpc) is 2.27. The molecule has 0 atom stereocenters. The Hall–Kier alpha value is -1.26. The first-order valence-corrected chi connectivity index (χ1v) is 5.86. The number of benzene rings is 1. The van der Waals surface area contributed by atoms with E-state index in [4.69, 9.17) is 17.3 Å². The fourth-order valence-corrected chi connectivity index (χ4v) is 1.55. The summed E-state index contributed by atoms with van der Waals surface area (Å²) in [5.74, 6) is -0.120. The van der Waals surface area contributed by atoms with Crippen molar-refractivity contribution in [1.82, 2.24) is 10.2 Å². The van der Waals surface area contributed by atoms with Gasteiger partial charge in [0.2, 0.25) is 0 Å². The van der Waals surface area contributed by atoms with Gasteiger partial charge in [-0.2, -0.15) is 0 Å². The maximum Gasteiger partial charge on any atom is 0.251 e. The highest BCUT2D eigenvalue weighted by molar-refractivity contribution is 6.33. The Kier molecular flexibility index (Phi) is 5.25. The second-order valence-corrected chi connectivity index (χ2v) is 4.56. The largest absolute Gasteiger partial charge is 0.398 e. The number of nitrogens with zero attached hydrogens (tertiary/aromatic N) is 1. The molecule has 0 aromatic heterocycles. The number of halogens is 1. The van der Waals surface area contributed by atoms with Crippen molar-refractivity contribution in [1.29, 1.82) is 0 Å². The molecule has 0 heterocycles. The van der Waals surface area contributed by atoms with Crippen molar-refractivity contribution in [2.45, 2.75) is 6.42 Å². The summed E-state index contributed by atoms with van der Waals surface area (Å²) >= 11 is 5.85. The molecule has 3 N–H and O–H groups in total. The van der Waals surface area contributed by atoms with Gasteiger partial charge in [-0.15, -0.1) is 0 Å². The van der Waals surface area contributed by atoms with Gasteiger partial charge in [0.1, 0.15) is 0 Å². The first-order valence-electron chi connectivity index (χ1n) is 5.48. The number of hydrogen-bond donors (Lipinski definition) is 2. The van der Waals surface area contributed by atoms with Gasteiger partial charge in [0.15, 0.2) is 0 Å². The van der Waals surface area contributed by atoms with Crippen molar-refractivity contribution >= 4 is 23.2 Å². The minimum Gasteiger partial charge on any atom is -0.398 e. The molecule has 0 unspecified atom stereocenters. The van der Waals surface area contributed by atoms with Crippen LogP contribution < -0.4 is 11.1 Å². The lowest BCUT2D eigenvalue weighted by atomic mass is 10.2. The number of nitrogen functional groups attached to an aromatic ring is 1. The average molecular weight is 256 g/mol. The molecular formula is C12H18ClN3O. The van der Waals surface area contributed by atoms with Crippen LogP contribution in [0, 0.1) is 0 Å². The van der Waals surface area contributed by atoms with Crippen LogP contribution in [0.15, 0.2) is 18.2 Å². The van der Waals surface area contributed by atoms with Crippen molar-refractivity contribution in [2.75, 3.05) is 32.9 Å². The van der Waals surface area contributed by atoms with Gasteiger partial charge in [-0.05, 0) is 45.3 Å². The first-order chi connectivity index (χ1) is 8.00. The van der Waals surface area contributed by atoms with Crippen LogP contribution in [0.3, 0.4) is 0 Å². The molecule has 0 bridgehead atoms. The van der Waals surface area contributed by atoms with Gasteiger partial charge in [-0.25, -0.2) is 0 Å². The van der Waals surface area contributed by atoms with E-state index in [0.717, 1.165) is 13.0 Å². The normalized spacial score (nSPS) is 10.6. The molecule has 0 saturated heterocycles. The van der Waals surface area contributed by atoms with Gasteiger partial charge in [0.25, 0.3) is 5.91 Å². The highest BCUT2D eigenvalue weighted by atomic mass is 35.5. The van der Waals surface area contributed by atoms with Crippen LogP contribution in [0.1, 0.15) is 16.8 Å². The molecule has 1 amide bonds. The van der Waals surface area contributed by atoms with Gasteiger partial charge in [-0.1, -0.05) is 11.6 Å². The Morgan fingerprint density at radius 3 is 2.76 bits per heavy atom. The monoisotopic (exact) mass is 255 g/mol. The second kappa shape index (κ2) is 6.47. The fraction of sp³-hybridized carbons (Fsp3) is 0.417. The minimum absolute atomic E-state index is 0.120. The van der Waals surface area contributed by atoms with Gasteiger partial charge in [0, 0.05) is 12.1 Å². The molecule has 1 aromatic rings. The van der Waals surface area contributed by atoms with E-state index in [-0.39, 0.29) is 5.91 Å². The van der Waals surface area contributed by atoms with Crippen LogP contribution in [0.5, 0.6) is 0 Å². The van der Waals surface area contributed by atoms with E-state index in [1.165, 1.54) is 0 Å². The molecule has 0 fully saturated rings. The number of rotatable bonds is 5. The summed E-state index contributed by atoms with van der Waals surface area (Å²) in [5, 5.41) is 3.24. The number of nitrogens with two attached hydrogens (primary N) is 1. The lowest BCUT2D eigenvalue weighted by Gasteiger charge is -2.10. The molecule has 94 valence electrons. The lowest BCUT2D eigenvalue weighted by Crippen LogP contribution is -2.27.